The fourth-order valence-electron chi connectivity index (χ4n) is 1.92. The summed E-state index contributed by atoms with van der Waals surface area (Å²) in [6.45, 7) is 3.17. The topological polar surface area (TPSA) is 60.0 Å². The van der Waals surface area contributed by atoms with E-state index in [-0.39, 0.29) is 0 Å². The van der Waals surface area contributed by atoms with Crippen molar-refractivity contribution in [3.8, 4) is 11.5 Å². The standard InChI is InChI=1S/C14H21NO4/c1-17-8-5-15-10-12(16)11-3-4-13-14(9-11)19-7-2-6-18-13/h3-4,9,12,15-16H,2,5-8,10H2,1H3. The zero-order valence-electron chi connectivity index (χ0n) is 11.2. The van der Waals surface area contributed by atoms with Crippen LogP contribution in [0, 0.1) is 0 Å². The summed E-state index contributed by atoms with van der Waals surface area (Å²) in [6.07, 6.45) is 0.319. The average molecular weight is 267 g/mol. The molecule has 0 aliphatic carbocycles. The van der Waals surface area contributed by atoms with Gasteiger partial charge in [0.1, 0.15) is 0 Å². The normalized spacial score (nSPS) is 15.9. The Morgan fingerprint density at radius 1 is 1.32 bits per heavy atom. The van der Waals surface area contributed by atoms with Crippen LogP contribution >= 0.6 is 0 Å². The second-order valence-corrected chi connectivity index (χ2v) is 4.47. The summed E-state index contributed by atoms with van der Waals surface area (Å²) in [5, 5.41) is 13.2. The molecule has 5 nitrogen and oxygen atoms in total. The number of nitrogens with one attached hydrogen (secondary N) is 1. The van der Waals surface area contributed by atoms with Crippen molar-refractivity contribution in [3.63, 3.8) is 0 Å². The highest BCUT2D eigenvalue weighted by Crippen LogP contribution is 2.32. The Morgan fingerprint density at radius 2 is 2.11 bits per heavy atom. The Morgan fingerprint density at radius 3 is 2.89 bits per heavy atom. The predicted molar refractivity (Wildman–Crippen MR) is 71.8 cm³/mol. The first kappa shape index (κ1) is 14.1. The van der Waals surface area contributed by atoms with Gasteiger partial charge in [-0.05, 0) is 17.7 Å². The van der Waals surface area contributed by atoms with Gasteiger partial charge in [-0.15, -0.1) is 0 Å². The molecule has 1 aromatic rings. The molecular weight excluding hydrogens is 246 g/mol. The first-order valence-corrected chi connectivity index (χ1v) is 6.58. The predicted octanol–water partition coefficient (Wildman–Crippen LogP) is 1.12. The van der Waals surface area contributed by atoms with Crippen LogP contribution < -0.4 is 14.8 Å². The first-order chi connectivity index (χ1) is 9.31. The molecule has 1 atom stereocenters. The lowest BCUT2D eigenvalue weighted by Crippen LogP contribution is -2.25. The van der Waals surface area contributed by atoms with E-state index in [1.165, 1.54) is 0 Å². The highest BCUT2D eigenvalue weighted by molar-refractivity contribution is 5.44. The minimum absolute atomic E-state index is 0.489. The van der Waals surface area contributed by atoms with Crippen LogP contribution in [0.5, 0.6) is 11.5 Å². The van der Waals surface area contributed by atoms with Crippen LogP contribution in [0.1, 0.15) is 18.1 Å². The van der Waals surface area contributed by atoms with Gasteiger partial charge in [-0.2, -0.15) is 0 Å². The van der Waals surface area contributed by atoms with Gasteiger partial charge in [0.2, 0.25) is 0 Å². The number of aliphatic hydroxyl groups excluding tert-OH is 1. The number of methoxy groups -OCH3 is 1. The van der Waals surface area contributed by atoms with Crippen LogP contribution in [-0.2, 0) is 4.74 Å². The van der Waals surface area contributed by atoms with Crippen molar-refractivity contribution in [1.29, 1.82) is 0 Å². The Kier molecular flexibility index (Phi) is 5.44. The van der Waals surface area contributed by atoms with E-state index >= 15 is 0 Å². The van der Waals surface area contributed by atoms with Gasteiger partial charge in [-0.1, -0.05) is 6.07 Å². The molecule has 19 heavy (non-hydrogen) atoms. The number of aliphatic hydroxyl groups is 1. The van der Waals surface area contributed by atoms with Gasteiger partial charge >= 0.3 is 0 Å². The van der Waals surface area contributed by atoms with E-state index < -0.39 is 6.10 Å². The largest absolute Gasteiger partial charge is 0.490 e. The molecule has 1 aliphatic heterocycles. The number of benzene rings is 1. The molecule has 0 spiro atoms. The third kappa shape index (κ3) is 4.09. The number of fused-ring (bicyclic) bond motifs is 1. The van der Waals surface area contributed by atoms with Crippen LogP contribution in [0.4, 0.5) is 0 Å². The van der Waals surface area contributed by atoms with Crippen molar-refractivity contribution in [2.75, 3.05) is 40.0 Å². The highest BCUT2D eigenvalue weighted by atomic mass is 16.5. The first-order valence-electron chi connectivity index (χ1n) is 6.58. The summed E-state index contributed by atoms with van der Waals surface area (Å²) in [7, 11) is 1.65. The second-order valence-electron chi connectivity index (χ2n) is 4.47. The van der Waals surface area contributed by atoms with Crippen molar-refractivity contribution in [2.45, 2.75) is 12.5 Å². The van der Waals surface area contributed by atoms with Crippen LogP contribution in [0.3, 0.4) is 0 Å². The smallest absolute Gasteiger partial charge is 0.161 e. The molecule has 2 rings (SSSR count). The fraction of sp³-hybridized carbons (Fsp3) is 0.571. The second kappa shape index (κ2) is 7.33. The molecule has 1 heterocycles. The van der Waals surface area contributed by atoms with Crippen LogP contribution in [0.2, 0.25) is 0 Å². The number of ether oxygens (including phenoxy) is 3. The minimum atomic E-state index is -0.561. The van der Waals surface area contributed by atoms with Crippen molar-refractivity contribution < 1.29 is 19.3 Å². The van der Waals surface area contributed by atoms with Crippen LogP contribution in [0.25, 0.3) is 0 Å². The summed E-state index contributed by atoms with van der Waals surface area (Å²) in [4.78, 5) is 0. The fourth-order valence-corrected chi connectivity index (χ4v) is 1.92. The van der Waals surface area contributed by atoms with Gasteiger partial charge in [-0.3, -0.25) is 0 Å². The maximum atomic E-state index is 10.1. The summed E-state index contributed by atoms with van der Waals surface area (Å²) in [5.41, 5.74) is 0.828. The molecule has 0 saturated carbocycles. The molecule has 0 bridgehead atoms. The number of rotatable bonds is 6. The maximum absolute atomic E-state index is 10.1. The summed E-state index contributed by atoms with van der Waals surface area (Å²) < 4.78 is 16.1. The Labute approximate surface area is 113 Å². The summed E-state index contributed by atoms with van der Waals surface area (Å²) >= 11 is 0. The van der Waals surface area contributed by atoms with Gasteiger partial charge in [0.25, 0.3) is 0 Å². The lowest BCUT2D eigenvalue weighted by molar-refractivity contribution is 0.161. The molecule has 0 radical (unpaired) electrons. The number of hydrogen-bond donors (Lipinski definition) is 2. The lowest BCUT2D eigenvalue weighted by Gasteiger charge is -2.14. The van der Waals surface area contributed by atoms with Gasteiger partial charge in [0.05, 0.1) is 25.9 Å². The van der Waals surface area contributed by atoms with E-state index in [4.69, 9.17) is 14.2 Å². The lowest BCUT2D eigenvalue weighted by atomic mass is 10.1. The van der Waals surface area contributed by atoms with Crippen LogP contribution in [0.15, 0.2) is 18.2 Å². The van der Waals surface area contributed by atoms with E-state index in [0.717, 1.165) is 24.3 Å². The van der Waals surface area contributed by atoms with Crippen molar-refractivity contribution in [1.82, 2.24) is 5.32 Å². The molecule has 0 aromatic heterocycles. The van der Waals surface area contributed by atoms with E-state index in [0.29, 0.717) is 32.1 Å². The Balaban J connectivity index is 1.94. The summed E-state index contributed by atoms with van der Waals surface area (Å²) in [5.74, 6) is 1.46. The van der Waals surface area contributed by atoms with E-state index in [2.05, 4.69) is 5.32 Å². The van der Waals surface area contributed by atoms with Gasteiger partial charge in [-0.25, -0.2) is 0 Å². The molecular formula is C14H21NO4. The molecule has 0 amide bonds. The monoisotopic (exact) mass is 267 g/mol. The molecule has 106 valence electrons. The molecule has 5 heteroatoms. The van der Waals surface area contributed by atoms with E-state index in [1.807, 2.05) is 18.2 Å². The minimum Gasteiger partial charge on any atom is -0.490 e. The Bertz CT molecular complexity index is 397. The number of hydrogen-bond acceptors (Lipinski definition) is 5. The molecule has 2 N–H and O–H groups in total. The molecule has 1 unspecified atom stereocenters. The highest BCUT2D eigenvalue weighted by Gasteiger charge is 2.14. The van der Waals surface area contributed by atoms with Crippen LogP contribution in [-0.4, -0.2) is 45.1 Å². The zero-order valence-corrected chi connectivity index (χ0v) is 11.2. The third-order valence-corrected chi connectivity index (χ3v) is 2.98. The van der Waals surface area contributed by atoms with Crippen molar-refractivity contribution in [3.05, 3.63) is 23.8 Å². The third-order valence-electron chi connectivity index (χ3n) is 2.98. The molecule has 1 aromatic carbocycles. The summed E-state index contributed by atoms with van der Waals surface area (Å²) in [6, 6.07) is 5.58. The van der Waals surface area contributed by atoms with Crippen molar-refractivity contribution >= 4 is 0 Å². The molecule has 1 aliphatic rings. The maximum Gasteiger partial charge on any atom is 0.161 e. The molecule has 0 fully saturated rings. The SMILES string of the molecule is COCCNCC(O)c1ccc2c(c1)OCCCO2. The quantitative estimate of drug-likeness (QED) is 0.756. The van der Waals surface area contributed by atoms with E-state index in [9.17, 15) is 5.11 Å². The van der Waals surface area contributed by atoms with E-state index in [1.54, 1.807) is 7.11 Å². The average Bonchev–Trinajstić information content (AvgIpc) is 2.67. The van der Waals surface area contributed by atoms with Gasteiger partial charge < -0.3 is 24.6 Å². The van der Waals surface area contributed by atoms with Gasteiger partial charge in [0.15, 0.2) is 11.5 Å². The zero-order chi connectivity index (χ0) is 13.5. The van der Waals surface area contributed by atoms with Gasteiger partial charge in [0, 0.05) is 26.6 Å². The Hall–Kier alpha value is -1.30. The molecule has 0 saturated heterocycles. The van der Waals surface area contributed by atoms with Crippen molar-refractivity contribution in [2.24, 2.45) is 0 Å².